The first-order valence-electron chi connectivity index (χ1n) is 7.75. The molecule has 0 unspecified atom stereocenters. The van der Waals surface area contributed by atoms with Crippen LogP contribution in [0.25, 0.3) is 11.0 Å². The molecule has 1 heterocycles. The Balaban J connectivity index is 1.76. The second kappa shape index (κ2) is 6.43. The van der Waals surface area contributed by atoms with Crippen LogP contribution in [-0.2, 0) is 18.9 Å². The fraction of sp³-hybridized carbons (Fsp3) is 0.222. The highest BCUT2D eigenvalue weighted by molar-refractivity contribution is 5.95. The van der Waals surface area contributed by atoms with Crippen molar-refractivity contribution in [3.05, 3.63) is 58.8 Å². The fourth-order valence-electron chi connectivity index (χ4n) is 2.60. The molecular formula is C18H18FN3O3. The van der Waals surface area contributed by atoms with E-state index in [9.17, 15) is 14.0 Å². The molecule has 0 aliphatic carbocycles. The molecule has 6 nitrogen and oxygen atoms in total. The van der Waals surface area contributed by atoms with Gasteiger partial charge in [0.1, 0.15) is 11.6 Å². The Hall–Kier alpha value is -3.09. The monoisotopic (exact) mass is 343 g/mol. The van der Waals surface area contributed by atoms with Crippen LogP contribution in [0, 0.1) is 5.82 Å². The van der Waals surface area contributed by atoms with Gasteiger partial charge < -0.3 is 10.1 Å². The van der Waals surface area contributed by atoms with Gasteiger partial charge in [0.05, 0.1) is 11.0 Å². The molecule has 1 N–H and O–H groups in total. The van der Waals surface area contributed by atoms with Gasteiger partial charge in [-0.2, -0.15) is 0 Å². The fourth-order valence-corrected chi connectivity index (χ4v) is 2.60. The van der Waals surface area contributed by atoms with E-state index in [-0.39, 0.29) is 17.4 Å². The van der Waals surface area contributed by atoms with Crippen LogP contribution in [0.1, 0.15) is 6.92 Å². The molecule has 0 aliphatic heterocycles. The molecule has 1 aromatic heterocycles. The minimum atomic E-state index is -0.763. The smallest absolute Gasteiger partial charge is 0.328 e. The van der Waals surface area contributed by atoms with Crippen molar-refractivity contribution < 1.29 is 13.9 Å². The number of nitrogens with one attached hydrogen (secondary N) is 1. The van der Waals surface area contributed by atoms with Crippen molar-refractivity contribution in [1.29, 1.82) is 0 Å². The number of fused-ring (bicyclic) bond motifs is 1. The van der Waals surface area contributed by atoms with E-state index in [0.29, 0.717) is 11.4 Å². The number of benzene rings is 2. The molecule has 0 saturated carbocycles. The third-order valence-corrected chi connectivity index (χ3v) is 4.04. The number of ether oxygens (including phenoxy) is 1. The predicted octanol–water partition coefficient (Wildman–Crippen LogP) is 2.42. The number of anilines is 1. The zero-order chi connectivity index (χ0) is 18.1. The molecule has 130 valence electrons. The van der Waals surface area contributed by atoms with Crippen LogP contribution in [0.4, 0.5) is 10.1 Å². The summed E-state index contributed by atoms with van der Waals surface area (Å²) in [4.78, 5) is 24.2. The highest BCUT2D eigenvalue weighted by Crippen LogP contribution is 2.19. The Morgan fingerprint density at radius 2 is 1.72 bits per heavy atom. The molecule has 0 fully saturated rings. The second-order valence-electron chi connectivity index (χ2n) is 5.81. The Morgan fingerprint density at radius 3 is 2.40 bits per heavy atom. The number of amides is 1. The van der Waals surface area contributed by atoms with Gasteiger partial charge in [-0.05, 0) is 49.4 Å². The van der Waals surface area contributed by atoms with Gasteiger partial charge in [0, 0.05) is 19.8 Å². The van der Waals surface area contributed by atoms with E-state index in [4.69, 9.17) is 4.74 Å². The van der Waals surface area contributed by atoms with Gasteiger partial charge >= 0.3 is 5.69 Å². The molecule has 7 heteroatoms. The number of carbonyl (C=O) groups is 1. The molecule has 0 spiro atoms. The van der Waals surface area contributed by atoms with Crippen molar-refractivity contribution in [3.63, 3.8) is 0 Å². The SMILES string of the molecule is C[C@H](Oc1ccc(F)cc1)C(=O)Nc1ccc2c(c1)n(C)c(=O)n2C. The summed E-state index contributed by atoms with van der Waals surface area (Å²) in [6.07, 6.45) is -0.763. The van der Waals surface area contributed by atoms with Crippen molar-refractivity contribution in [1.82, 2.24) is 9.13 Å². The van der Waals surface area contributed by atoms with E-state index in [1.54, 1.807) is 43.8 Å². The lowest BCUT2D eigenvalue weighted by atomic mass is 10.2. The molecule has 3 aromatic rings. The lowest BCUT2D eigenvalue weighted by Gasteiger charge is -2.15. The first kappa shape index (κ1) is 16.8. The largest absolute Gasteiger partial charge is 0.481 e. The highest BCUT2D eigenvalue weighted by atomic mass is 19.1. The van der Waals surface area contributed by atoms with Crippen LogP contribution in [0.3, 0.4) is 0 Å². The van der Waals surface area contributed by atoms with E-state index in [0.717, 1.165) is 11.0 Å². The van der Waals surface area contributed by atoms with Gasteiger partial charge in [-0.25, -0.2) is 9.18 Å². The summed E-state index contributed by atoms with van der Waals surface area (Å²) in [6.45, 7) is 1.61. The maximum absolute atomic E-state index is 12.9. The van der Waals surface area contributed by atoms with E-state index >= 15 is 0 Å². The van der Waals surface area contributed by atoms with E-state index in [1.807, 2.05) is 0 Å². The Bertz CT molecular complexity index is 989. The first-order chi connectivity index (χ1) is 11.9. The lowest BCUT2D eigenvalue weighted by molar-refractivity contribution is -0.122. The summed E-state index contributed by atoms with van der Waals surface area (Å²) in [7, 11) is 3.37. The summed E-state index contributed by atoms with van der Waals surface area (Å²) in [5, 5.41) is 2.76. The molecule has 1 atom stereocenters. The average Bonchev–Trinajstić information content (AvgIpc) is 2.81. The molecule has 0 aliphatic rings. The van der Waals surface area contributed by atoms with Crippen LogP contribution in [0.15, 0.2) is 47.3 Å². The topological polar surface area (TPSA) is 65.3 Å². The van der Waals surface area contributed by atoms with Crippen molar-refractivity contribution in [2.75, 3.05) is 5.32 Å². The first-order valence-corrected chi connectivity index (χ1v) is 7.75. The van der Waals surface area contributed by atoms with Gasteiger partial charge in [0.15, 0.2) is 6.10 Å². The van der Waals surface area contributed by atoms with Crippen LogP contribution >= 0.6 is 0 Å². The minimum Gasteiger partial charge on any atom is -0.481 e. The summed E-state index contributed by atoms with van der Waals surface area (Å²) < 4.78 is 21.5. The molecule has 1 amide bonds. The third-order valence-electron chi connectivity index (χ3n) is 4.04. The molecule has 0 bridgehead atoms. The van der Waals surface area contributed by atoms with E-state index in [1.165, 1.54) is 28.8 Å². The number of hydrogen-bond acceptors (Lipinski definition) is 3. The van der Waals surface area contributed by atoms with Gasteiger partial charge in [0.2, 0.25) is 0 Å². The number of carbonyl (C=O) groups excluding carboxylic acids is 1. The zero-order valence-electron chi connectivity index (χ0n) is 14.1. The molecular weight excluding hydrogens is 325 g/mol. The third kappa shape index (κ3) is 3.26. The van der Waals surface area contributed by atoms with Crippen LogP contribution < -0.4 is 15.7 Å². The quantitative estimate of drug-likeness (QED) is 0.791. The summed E-state index contributed by atoms with van der Waals surface area (Å²) >= 11 is 0. The van der Waals surface area contributed by atoms with E-state index in [2.05, 4.69) is 5.32 Å². The van der Waals surface area contributed by atoms with Gasteiger partial charge in [-0.15, -0.1) is 0 Å². The van der Waals surface area contributed by atoms with Crippen LogP contribution in [0.5, 0.6) is 5.75 Å². The maximum atomic E-state index is 12.9. The number of nitrogens with zero attached hydrogens (tertiary/aromatic N) is 2. The van der Waals surface area contributed by atoms with Crippen molar-refractivity contribution in [3.8, 4) is 5.75 Å². The number of hydrogen-bond donors (Lipinski definition) is 1. The predicted molar refractivity (Wildman–Crippen MR) is 93.3 cm³/mol. The van der Waals surface area contributed by atoms with Gasteiger partial charge in [-0.3, -0.25) is 13.9 Å². The van der Waals surface area contributed by atoms with Crippen LogP contribution in [0.2, 0.25) is 0 Å². The molecule has 3 rings (SSSR count). The van der Waals surface area contributed by atoms with Crippen molar-refractivity contribution in [2.24, 2.45) is 14.1 Å². The summed E-state index contributed by atoms with van der Waals surface area (Å²) in [5.74, 6) is -0.305. The number of aromatic nitrogens is 2. The molecule has 0 saturated heterocycles. The summed E-state index contributed by atoms with van der Waals surface area (Å²) in [5.41, 5.74) is 1.93. The Kier molecular flexibility index (Phi) is 4.31. The van der Waals surface area contributed by atoms with Gasteiger partial charge in [-0.1, -0.05) is 0 Å². The highest BCUT2D eigenvalue weighted by Gasteiger charge is 2.16. The van der Waals surface area contributed by atoms with E-state index < -0.39 is 6.10 Å². The standard InChI is InChI=1S/C18H18FN3O3/c1-11(25-14-7-4-12(19)5-8-14)17(23)20-13-6-9-15-16(10-13)22(3)18(24)21(15)2/h4-11H,1-3H3,(H,20,23)/t11-/m0/s1. The number of aryl methyl sites for hydroxylation is 2. The number of rotatable bonds is 4. The Morgan fingerprint density at radius 1 is 1.08 bits per heavy atom. The summed E-state index contributed by atoms with van der Waals surface area (Å²) in [6, 6.07) is 10.7. The zero-order valence-corrected chi connectivity index (χ0v) is 14.1. The molecule has 2 aromatic carbocycles. The second-order valence-corrected chi connectivity index (χ2v) is 5.81. The minimum absolute atomic E-state index is 0.133. The normalized spacial score (nSPS) is 12.2. The van der Waals surface area contributed by atoms with Crippen molar-refractivity contribution >= 4 is 22.6 Å². The molecule has 0 radical (unpaired) electrons. The van der Waals surface area contributed by atoms with Crippen LogP contribution in [-0.4, -0.2) is 21.1 Å². The number of imidazole rings is 1. The maximum Gasteiger partial charge on any atom is 0.328 e. The number of halogens is 1. The Labute approximate surface area is 143 Å². The average molecular weight is 343 g/mol. The molecule has 25 heavy (non-hydrogen) atoms. The van der Waals surface area contributed by atoms with Crippen molar-refractivity contribution in [2.45, 2.75) is 13.0 Å². The lowest BCUT2D eigenvalue weighted by Crippen LogP contribution is -2.30. The van der Waals surface area contributed by atoms with Gasteiger partial charge in [0.25, 0.3) is 5.91 Å².